The van der Waals surface area contributed by atoms with Gasteiger partial charge in [0.2, 0.25) is 0 Å². The van der Waals surface area contributed by atoms with Crippen LogP contribution in [0.1, 0.15) is 0 Å². The quantitative estimate of drug-likeness (QED) is 0.431. The van der Waals surface area contributed by atoms with Gasteiger partial charge in [0.1, 0.15) is 0 Å². The van der Waals surface area contributed by atoms with E-state index in [0.717, 1.165) is 0 Å². The van der Waals surface area contributed by atoms with E-state index >= 15 is 0 Å². The summed E-state index contributed by atoms with van der Waals surface area (Å²) in [6, 6.07) is 0. The first-order valence-electron chi connectivity index (χ1n) is 0.463. The first kappa shape index (κ1) is 9.32. The molecule has 0 aliphatic rings. The van der Waals surface area contributed by atoms with Gasteiger partial charge in [0.25, 0.3) is 0 Å². The monoisotopic (exact) mass is 280 g/mol. The van der Waals surface area contributed by atoms with Crippen LogP contribution in [0.25, 0.3) is 0 Å². The number of hydrogen-bond acceptors (Lipinski definition) is 3. The van der Waals surface area contributed by atoms with Crippen LogP contribution in [0.3, 0.4) is 0 Å². The van der Waals surface area contributed by atoms with Crippen molar-refractivity contribution < 1.29 is 47.1 Å². The zero-order valence-corrected chi connectivity index (χ0v) is 4.83. The second kappa shape index (κ2) is 4.91. The minimum absolute atomic E-state index is 0. The Hall–Kier alpha value is 0.910. The van der Waals surface area contributed by atoms with E-state index in [1.165, 1.54) is 0 Å². The van der Waals surface area contributed by atoms with Gasteiger partial charge in [-0.05, 0) is 0 Å². The Morgan fingerprint density at radius 2 is 1.00 bits per heavy atom. The summed E-state index contributed by atoms with van der Waals surface area (Å²) in [5, 5.41) is 0. The molecule has 36 valence electrons. The summed E-state index contributed by atoms with van der Waals surface area (Å²) >= 11 is 0. The van der Waals surface area contributed by atoms with Crippen molar-refractivity contribution in [3.63, 3.8) is 0 Å². The molecule has 0 atom stereocenters. The number of halogens is 1. The van der Waals surface area contributed by atoms with E-state index in [1.54, 1.807) is 0 Å². The van der Waals surface area contributed by atoms with Gasteiger partial charge in [0, 0.05) is 0 Å². The topological polar surface area (TPSA) is 69.2 Å². The van der Waals surface area contributed by atoms with Crippen LogP contribution in [0, 0.1) is 10.8 Å². The van der Waals surface area contributed by atoms with Crippen molar-refractivity contribution in [3.05, 3.63) is 0 Å². The molecular formula is AuClO3. The molecule has 0 aliphatic carbocycles. The molecule has 0 rings (SSSR count). The van der Waals surface area contributed by atoms with Crippen LogP contribution in [0.5, 0.6) is 0 Å². The van der Waals surface area contributed by atoms with E-state index in [2.05, 4.69) is 0 Å². The summed E-state index contributed by atoms with van der Waals surface area (Å²) in [6.07, 6.45) is 0. The van der Waals surface area contributed by atoms with Crippen LogP contribution < -0.4 is 14.0 Å². The summed E-state index contributed by atoms with van der Waals surface area (Å²) in [7, 11) is -2.85. The Morgan fingerprint density at radius 3 is 1.00 bits per heavy atom. The summed E-state index contributed by atoms with van der Waals surface area (Å²) in [5.74, 6) is 0. The average Bonchev–Trinajstić information content (AvgIpc) is 0.811. The molecule has 0 spiro atoms. The molecule has 0 heterocycles. The zero-order valence-electron chi connectivity index (χ0n) is 1.90. The zero-order chi connectivity index (χ0) is 3.58. The van der Waals surface area contributed by atoms with Crippen LogP contribution >= 0.6 is 0 Å². The van der Waals surface area contributed by atoms with Gasteiger partial charge < -0.3 is 14.0 Å². The van der Waals surface area contributed by atoms with Crippen LogP contribution in [0.15, 0.2) is 0 Å². The fourth-order valence-corrected chi connectivity index (χ4v) is 0. The molecule has 0 aromatic rings. The van der Waals surface area contributed by atoms with Crippen molar-refractivity contribution in [1.29, 1.82) is 0 Å². The van der Waals surface area contributed by atoms with Gasteiger partial charge in [0.15, 0.2) is 0 Å². The van der Waals surface area contributed by atoms with Crippen LogP contribution in [0.2, 0.25) is 0 Å². The van der Waals surface area contributed by atoms with Crippen molar-refractivity contribution in [2.24, 2.45) is 0 Å². The van der Waals surface area contributed by atoms with Gasteiger partial charge in [-0.1, -0.05) is 0 Å². The molecule has 0 unspecified atom stereocenters. The van der Waals surface area contributed by atoms with Crippen molar-refractivity contribution in [2.45, 2.75) is 0 Å². The summed E-state index contributed by atoms with van der Waals surface area (Å²) in [4.78, 5) is 0. The Balaban J connectivity index is 0. The van der Waals surface area contributed by atoms with Gasteiger partial charge in [-0.3, -0.25) is 0 Å². The molecule has 0 radical (unpaired) electrons. The fraction of sp³-hybridized carbons (Fsp3) is 0. The Morgan fingerprint density at radius 1 is 1.00 bits per heavy atom. The standard InChI is InChI=1S/Au.ClO3/c;2-1(3)4/q+1;-1. The van der Waals surface area contributed by atoms with Gasteiger partial charge in [-0.25, -0.2) is 0 Å². The molecule has 0 bridgehead atoms. The molecule has 3 nitrogen and oxygen atoms in total. The Bertz CT molecular complexity index is 11.6. The minimum atomic E-state index is -2.85. The van der Waals surface area contributed by atoms with E-state index in [0.29, 0.717) is 0 Å². The van der Waals surface area contributed by atoms with E-state index in [-0.39, 0.29) is 22.4 Å². The van der Waals surface area contributed by atoms with Crippen LogP contribution in [0.4, 0.5) is 0 Å². The average molecular weight is 280 g/mol. The smallest absolute Gasteiger partial charge is 0.357 e. The molecule has 5 heteroatoms. The predicted octanol–water partition coefficient (Wildman–Crippen LogP) is -3.57. The predicted molar refractivity (Wildman–Crippen MR) is 0 cm³/mol. The minimum Gasteiger partial charge on any atom is -0.357 e. The number of rotatable bonds is 0. The van der Waals surface area contributed by atoms with E-state index in [1.807, 2.05) is 0 Å². The van der Waals surface area contributed by atoms with Gasteiger partial charge in [-0.2, -0.15) is 0 Å². The molecule has 0 aliphatic heterocycles. The molecule has 0 saturated carbocycles. The second-order valence-electron chi connectivity index (χ2n) is 0.189. The Kier molecular flexibility index (Phi) is 9.15. The molecule has 0 fully saturated rings. The first-order chi connectivity index (χ1) is 1.73. The van der Waals surface area contributed by atoms with Gasteiger partial charge in [0.05, 0.1) is 10.8 Å². The van der Waals surface area contributed by atoms with E-state index in [9.17, 15) is 0 Å². The largest absolute Gasteiger partial charge is 1.00 e. The summed E-state index contributed by atoms with van der Waals surface area (Å²) in [5.41, 5.74) is 0. The van der Waals surface area contributed by atoms with E-state index < -0.39 is 10.8 Å². The molecule has 0 saturated heterocycles. The third-order valence-electron chi connectivity index (χ3n) is 0. The molecule has 0 aromatic heterocycles. The summed E-state index contributed by atoms with van der Waals surface area (Å²) < 4.78 is 25.2. The second-order valence-corrected chi connectivity index (χ2v) is 0.567. The maximum atomic E-state index is 8.41. The van der Waals surface area contributed by atoms with Crippen LogP contribution in [-0.2, 0) is 22.4 Å². The van der Waals surface area contributed by atoms with Crippen molar-refractivity contribution in [2.75, 3.05) is 0 Å². The maximum absolute atomic E-state index is 8.41. The van der Waals surface area contributed by atoms with Gasteiger partial charge >= 0.3 is 22.4 Å². The van der Waals surface area contributed by atoms with Crippen LogP contribution in [-0.4, -0.2) is 0 Å². The molecular weight excluding hydrogens is 280 g/mol. The molecule has 0 aromatic carbocycles. The fourth-order valence-electron chi connectivity index (χ4n) is 0. The third-order valence-corrected chi connectivity index (χ3v) is 0. The van der Waals surface area contributed by atoms with Crippen molar-refractivity contribution in [3.8, 4) is 0 Å². The van der Waals surface area contributed by atoms with Crippen molar-refractivity contribution in [1.82, 2.24) is 0 Å². The Labute approximate surface area is 47.5 Å². The first-order valence-corrected chi connectivity index (χ1v) is 1.39. The van der Waals surface area contributed by atoms with E-state index in [4.69, 9.17) is 14.0 Å². The molecule has 0 N–H and O–H groups in total. The molecule has 0 amide bonds. The van der Waals surface area contributed by atoms with Crippen molar-refractivity contribution >= 4 is 0 Å². The van der Waals surface area contributed by atoms with Gasteiger partial charge in [-0.15, -0.1) is 0 Å². The molecule has 5 heavy (non-hydrogen) atoms. The number of hydrogen-bond donors (Lipinski definition) is 0. The third kappa shape index (κ3) is 50.2. The summed E-state index contributed by atoms with van der Waals surface area (Å²) in [6.45, 7) is 0. The maximum Gasteiger partial charge on any atom is 1.00 e. The normalized spacial score (nSPS) is 7.20. The SMILES string of the molecule is [Au+].[O-][Cl+2]([O-])[O-].